The number of nitrogens with zero attached hydrogens (tertiary/aromatic N) is 4. The van der Waals surface area contributed by atoms with Crippen LogP contribution in [-0.4, -0.2) is 103 Å². The van der Waals surface area contributed by atoms with Crippen molar-refractivity contribution < 1.29 is 48.8 Å². The topological polar surface area (TPSA) is 188 Å². The van der Waals surface area contributed by atoms with Crippen molar-refractivity contribution >= 4 is 46.9 Å². The monoisotopic (exact) mass is 490 g/mol. The number of Topliss-reactive ketones (excluding diaryl/α,β-unsaturated/α-hetero) is 1. The normalized spacial score (nSPS) is 35.5. The van der Waals surface area contributed by atoms with E-state index in [1.807, 2.05) is 0 Å². The van der Waals surface area contributed by atoms with Gasteiger partial charge in [-0.3, -0.25) is 24.1 Å². The number of carbonyl (C=O) groups is 4. The molecule has 1 fully saturated rings. The Morgan fingerprint density at radius 3 is 2.39 bits per heavy atom. The molecule has 6 atom stereocenters. The van der Waals surface area contributed by atoms with Crippen molar-refractivity contribution in [3.05, 3.63) is 0 Å². The van der Waals surface area contributed by atoms with Gasteiger partial charge in [-0.05, 0) is 11.6 Å². The quantitative estimate of drug-likeness (QED) is 0.271. The highest BCUT2D eigenvalue weighted by molar-refractivity contribution is 6.65. The predicted octanol–water partition coefficient (Wildman–Crippen LogP) is -2.13. The molecule has 0 bridgehead atoms. The Labute approximate surface area is 192 Å². The van der Waals surface area contributed by atoms with Gasteiger partial charge in [0.25, 0.3) is 0 Å². The SMILES string of the molecule is CC(=O)ON1C(Cl)=NC(=O)C2(OC(C)=O)N=CN([C@]3(C(=O)C(C)C)O[C@H](CO)[C@@H](O)[C@H]3O)C12. The maximum absolute atomic E-state index is 13.4. The fourth-order valence-corrected chi connectivity index (χ4v) is 4.17. The fraction of sp³-hybridized carbons (Fsp3) is 0.667. The lowest BCUT2D eigenvalue weighted by molar-refractivity contribution is -0.247. The van der Waals surface area contributed by atoms with E-state index in [9.17, 15) is 34.5 Å². The summed E-state index contributed by atoms with van der Waals surface area (Å²) in [4.78, 5) is 63.3. The van der Waals surface area contributed by atoms with Crippen LogP contribution < -0.4 is 0 Å². The zero-order valence-electron chi connectivity index (χ0n) is 18.0. The number of ketones is 1. The second kappa shape index (κ2) is 8.61. The molecule has 1 amide bonds. The van der Waals surface area contributed by atoms with Gasteiger partial charge in [0.15, 0.2) is 5.78 Å². The fourth-order valence-electron chi connectivity index (χ4n) is 3.96. The lowest BCUT2D eigenvalue weighted by Gasteiger charge is -2.48. The second-order valence-electron chi connectivity index (χ2n) is 7.90. The molecule has 0 aromatic rings. The molecule has 0 aliphatic carbocycles. The summed E-state index contributed by atoms with van der Waals surface area (Å²) in [6.07, 6.45) is -6.06. The molecule has 0 aromatic heterocycles. The van der Waals surface area contributed by atoms with Crippen LogP contribution in [0.2, 0.25) is 0 Å². The number of aliphatic hydroxyl groups is 3. The molecule has 182 valence electrons. The highest BCUT2D eigenvalue weighted by Gasteiger charge is 2.71. The Hall–Kier alpha value is -2.65. The van der Waals surface area contributed by atoms with Gasteiger partial charge >= 0.3 is 23.6 Å². The number of hydrogen-bond donors (Lipinski definition) is 3. The van der Waals surface area contributed by atoms with Gasteiger partial charge in [-0.2, -0.15) is 4.99 Å². The number of aliphatic imine (C=N–C) groups is 2. The Balaban J connectivity index is 2.26. The number of hydroxylamine groups is 2. The van der Waals surface area contributed by atoms with E-state index in [-0.39, 0.29) is 0 Å². The summed E-state index contributed by atoms with van der Waals surface area (Å²) in [5.74, 6) is -4.68. The number of amidine groups is 1. The van der Waals surface area contributed by atoms with Gasteiger partial charge in [-0.25, -0.2) is 4.99 Å². The van der Waals surface area contributed by atoms with E-state index >= 15 is 0 Å². The second-order valence-corrected chi connectivity index (χ2v) is 8.24. The lowest BCUT2D eigenvalue weighted by Crippen LogP contribution is -2.73. The van der Waals surface area contributed by atoms with E-state index in [0.717, 1.165) is 25.1 Å². The van der Waals surface area contributed by atoms with E-state index in [1.165, 1.54) is 13.8 Å². The van der Waals surface area contributed by atoms with Crippen molar-refractivity contribution in [2.24, 2.45) is 15.9 Å². The van der Waals surface area contributed by atoms with Gasteiger partial charge < -0.3 is 29.6 Å². The molecule has 33 heavy (non-hydrogen) atoms. The zero-order valence-corrected chi connectivity index (χ0v) is 18.8. The largest absolute Gasteiger partial charge is 0.423 e. The van der Waals surface area contributed by atoms with Crippen molar-refractivity contribution in [1.29, 1.82) is 0 Å². The molecular weight excluding hydrogens is 468 g/mol. The van der Waals surface area contributed by atoms with Crippen molar-refractivity contribution in [3.8, 4) is 0 Å². The number of aliphatic hydroxyl groups excluding tert-OH is 3. The van der Waals surface area contributed by atoms with Gasteiger partial charge in [-0.1, -0.05) is 13.8 Å². The minimum Gasteiger partial charge on any atom is -0.423 e. The molecule has 3 aliphatic rings. The number of fused-ring (bicyclic) bond motifs is 1. The first kappa shape index (κ1) is 25.0. The molecule has 0 spiro atoms. The third kappa shape index (κ3) is 3.67. The molecule has 1 saturated heterocycles. The third-order valence-electron chi connectivity index (χ3n) is 5.30. The maximum atomic E-state index is 13.4. The molecule has 2 unspecified atom stereocenters. The molecule has 3 aliphatic heterocycles. The first-order chi connectivity index (χ1) is 15.3. The van der Waals surface area contributed by atoms with E-state index in [2.05, 4.69) is 9.98 Å². The van der Waals surface area contributed by atoms with Crippen LogP contribution in [0, 0.1) is 5.92 Å². The van der Waals surface area contributed by atoms with E-state index < -0.39 is 77.4 Å². The van der Waals surface area contributed by atoms with E-state index in [1.54, 1.807) is 0 Å². The summed E-state index contributed by atoms with van der Waals surface area (Å²) in [5, 5.41) is 30.9. The lowest BCUT2D eigenvalue weighted by atomic mass is 9.89. The number of halogens is 1. The van der Waals surface area contributed by atoms with E-state index in [0.29, 0.717) is 5.06 Å². The third-order valence-corrected chi connectivity index (χ3v) is 5.55. The summed E-state index contributed by atoms with van der Waals surface area (Å²) in [6, 6.07) is 0. The summed E-state index contributed by atoms with van der Waals surface area (Å²) < 4.78 is 10.9. The standard InChI is InChI=1S/C18H23ClN4O10/c1-7(2)12(28)18(13(29)11(27)10(5-24)32-18)22-6-20-17(31-8(3)25)14(30)21-16(19)23(15(17)22)33-9(4)26/h6-7,10-11,13,15,24,27,29H,5H2,1-4H3/t10-,11-,13-,15?,17?,18-/m1/s1. The van der Waals surface area contributed by atoms with Crippen molar-refractivity contribution in [1.82, 2.24) is 9.96 Å². The first-order valence-corrected chi connectivity index (χ1v) is 10.2. The Morgan fingerprint density at radius 2 is 1.91 bits per heavy atom. The summed E-state index contributed by atoms with van der Waals surface area (Å²) in [6.45, 7) is 4.18. The Kier molecular flexibility index (Phi) is 6.52. The Bertz CT molecular complexity index is 941. The number of carbonyl (C=O) groups excluding carboxylic acids is 4. The van der Waals surface area contributed by atoms with Crippen LogP contribution in [0.3, 0.4) is 0 Å². The smallest absolute Gasteiger partial charge is 0.329 e. The summed E-state index contributed by atoms with van der Waals surface area (Å²) >= 11 is 6.04. The van der Waals surface area contributed by atoms with E-state index in [4.69, 9.17) is 25.9 Å². The van der Waals surface area contributed by atoms with Crippen molar-refractivity contribution in [2.45, 2.75) is 63.6 Å². The average molecular weight is 491 g/mol. The highest BCUT2D eigenvalue weighted by atomic mass is 35.5. The van der Waals surface area contributed by atoms with Crippen LogP contribution in [0.4, 0.5) is 0 Å². The molecule has 0 aromatic carbocycles. The number of hydrogen-bond acceptors (Lipinski definition) is 13. The molecule has 3 N–H and O–H groups in total. The molecule has 0 radical (unpaired) electrons. The minimum absolute atomic E-state index is 0.575. The van der Waals surface area contributed by atoms with Crippen molar-refractivity contribution in [2.75, 3.05) is 6.61 Å². The van der Waals surface area contributed by atoms with Crippen LogP contribution in [0.15, 0.2) is 9.98 Å². The average Bonchev–Trinajstić information content (AvgIpc) is 3.22. The molecule has 15 heteroatoms. The van der Waals surface area contributed by atoms with Crippen molar-refractivity contribution in [3.63, 3.8) is 0 Å². The molecule has 3 heterocycles. The van der Waals surface area contributed by atoms with Gasteiger partial charge in [0.05, 0.1) is 12.9 Å². The van der Waals surface area contributed by atoms with Crippen LogP contribution in [-0.2, 0) is 33.5 Å². The van der Waals surface area contributed by atoms with Gasteiger partial charge in [-0.15, -0.1) is 5.06 Å². The van der Waals surface area contributed by atoms with Gasteiger partial charge in [0, 0.05) is 19.8 Å². The first-order valence-electron chi connectivity index (χ1n) is 9.82. The van der Waals surface area contributed by atoms with Crippen LogP contribution in [0.25, 0.3) is 0 Å². The number of amides is 1. The molecular formula is C18H23ClN4O10. The molecule has 14 nitrogen and oxygen atoms in total. The minimum atomic E-state index is -2.50. The highest BCUT2D eigenvalue weighted by Crippen LogP contribution is 2.45. The maximum Gasteiger partial charge on any atom is 0.329 e. The number of ether oxygens (including phenoxy) is 2. The van der Waals surface area contributed by atoms with Crippen LogP contribution >= 0.6 is 11.6 Å². The van der Waals surface area contributed by atoms with Gasteiger partial charge in [0.2, 0.25) is 17.2 Å². The summed E-state index contributed by atoms with van der Waals surface area (Å²) in [5.41, 5.74) is -4.96. The number of rotatable bonds is 6. The Morgan fingerprint density at radius 1 is 1.27 bits per heavy atom. The van der Waals surface area contributed by atoms with Crippen LogP contribution in [0.5, 0.6) is 0 Å². The molecule has 0 saturated carbocycles. The summed E-state index contributed by atoms with van der Waals surface area (Å²) in [7, 11) is 0. The molecule has 3 rings (SSSR count). The van der Waals surface area contributed by atoms with Crippen LogP contribution in [0.1, 0.15) is 27.7 Å². The van der Waals surface area contributed by atoms with Gasteiger partial charge in [0.1, 0.15) is 18.3 Å². The zero-order chi connectivity index (χ0) is 24.9. The predicted molar refractivity (Wildman–Crippen MR) is 107 cm³/mol. The number of esters is 1.